The third-order valence-electron chi connectivity index (χ3n) is 2.65. The molecule has 0 N–H and O–H groups in total. The van der Waals surface area contributed by atoms with Gasteiger partial charge in [-0.2, -0.15) is 0 Å². The highest BCUT2D eigenvalue weighted by atomic mass is 35.5. The number of aryl methyl sites for hydroxylation is 1. The van der Waals surface area contributed by atoms with Crippen LogP contribution in [-0.4, -0.2) is 15.0 Å². The van der Waals surface area contributed by atoms with Crippen LogP contribution >= 0.6 is 46.3 Å². The first-order valence-electron chi connectivity index (χ1n) is 5.91. The van der Waals surface area contributed by atoms with Crippen molar-refractivity contribution in [1.82, 2.24) is 15.0 Å². The van der Waals surface area contributed by atoms with E-state index >= 15 is 0 Å². The van der Waals surface area contributed by atoms with E-state index in [1.807, 2.05) is 6.07 Å². The van der Waals surface area contributed by atoms with Gasteiger partial charge in [0, 0.05) is 16.5 Å². The molecule has 0 saturated heterocycles. The molecule has 0 atom stereocenters. The van der Waals surface area contributed by atoms with Gasteiger partial charge in [0.2, 0.25) is 5.28 Å². The minimum absolute atomic E-state index is 0.247. The van der Waals surface area contributed by atoms with Crippen molar-refractivity contribution in [2.75, 3.05) is 0 Å². The van der Waals surface area contributed by atoms with Gasteiger partial charge in [0.05, 0.1) is 5.02 Å². The molecule has 7 heteroatoms. The fourth-order valence-electron chi connectivity index (χ4n) is 1.71. The molecular weight excluding hydrogens is 333 g/mol. The molecule has 0 aromatic carbocycles. The van der Waals surface area contributed by atoms with Crippen LogP contribution in [0.5, 0.6) is 0 Å². The number of fused-ring (bicyclic) bond motifs is 1. The summed E-state index contributed by atoms with van der Waals surface area (Å²) in [5.41, 5.74) is 0. The predicted octanol–water partition coefficient (Wildman–Crippen LogP) is 5.11. The lowest BCUT2D eigenvalue weighted by Gasteiger charge is -2.03. The largest absolute Gasteiger partial charge is 0.248 e. The summed E-state index contributed by atoms with van der Waals surface area (Å²) in [6.45, 7) is 2.11. The lowest BCUT2D eigenvalue weighted by atomic mass is 10.3. The first-order chi connectivity index (χ1) is 9.67. The number of aromatic nitrogens is 3. The Kier molecular flexibility index (Phi) is 4.12. The number of halogens is 2. The summed E-state index contributed by atoms with van der Waals surface area (Å²) in [5.74, 6) is 0. The zero-order valence-corrected chi connectivity index (χ0v) is 13.6. The molecule has 0 fully saturated rings. The summed E-state index contributed by atoms with van der Waals surface area (Å²) in [6.07, 6.45) is 2.67. The summed E-state index contributed by atoms with van der Waals surface area (Å²) < 4.78 is 0. The van der Waals surface area contributed by atoms with Gasteiger partial charge >= 0.3 is 0 Å². The topological polar surface area (TPSA) is 38.7 Å². The molecule has 0 unspecified atom stereocenters. The average molecular weight is 342 g/mol. The van der Waals surface area contributed by atoms with Crippen molar-refractivity contribution in [3.8, 4) is 0 Å². The lowest BCUT2D eigenvalue weighted by Crippen LogP contribution is -1.88. The van der Waals surface area contributed by atoms with E-state index in [0.29, 0.717) is 5.02 Å². The van der Waals surface area contributed by atoms with Gasteiger partial charge < -0.3 is 0 Å². The van der Waals surface area contributed by atoms with Gasteiger partial charge in [-0.1, -0.05) is 18.5 Å². The normalized spacial score (nSPS) is 11.2. The highest BCUT2D eigenvalue weighted by Gasteiger charge is 2.13. The lowest BCUT2D eigenvalue weighted by molar-refractivity contribution is 1.08. The fourth-order valence-corrected chi connectivity index (χ4v) is 4.11. The zero-order valence-electron chi connectivity index (χ0n) is 10.4. The third-order valence-corrected chi connectivity index (χ3v) is 5.43. The summed E-state index contributed by atoms with van der Waals surface area (Å²) in [7, 11) is 0. The van der Waals surface area contributed by atoms with Gasteiger partial charge in [-0.05, 0) is 48.0 Å². The maximum atomic E-state index is 6.14. The van der Waals surface area contributed by atoms with Crippen LogP contribution in [0.4, 0.5) is 0 Å². The Morgan fingerprint density at radius 2 is 2.10 bits per heavy atom. The number of rotatable bonds is 3. The van der Waals surface area contributed by atoms with Crippen molar-refractivity contribution in [3.05, 3.63) is 39.6 Å². The summed E-state index contributed by atoms with van der Waals surface area (Å²) >= 11 is 15.2. The van der Waals surface area contributed by atoms with E-state index in [0.717, 1.165) is 26.7 Å². The molecule has 0 aliphatic heterocycles. The molecule has 0 radical (unpaired) electrons. The number of pyridine rings is 1. The van der Waals surface area contributed by atoms with Crippen LogP contribution < -0.4 is 0 Å². The summed E-state index contributed by atoms with van der Waals surface area (Å²) in [4.78, 5) is 15.0. The van der Waals surface area contributed by atoms with E-state index in [2.05, 4.69) is 27.9 Å². The van der Waals surface area contributed by atoms with Gasteiger partial charge in [0.15, 0.2) is 0 Å². The van der Waals surface area contributed by atoms with Crippen molar-refractivity contribution in [2.45, 2.75) is 23.4 Å². The van der Waals surface area contributed by atoms with Gasteiger partial charge in [-0.15, -0.1) is 11.3 Å². The van der Waals surface area contributed by atoms with Crippen molar-refractivity contribution < 1.29 is 0 Å². The highest BCUT2D eigenvalue weighted by Crippen LogP contribution is 2.37. The minimum Gasteiger partial charge on any atom is -0.248 e. The van der Waals surface area contributed by atoms with Crippen LogP contribution in [-0.2, 0) is 6.42 Å². The average Bonchev–Trinajstić information content (AvgIpc) is 2.84. The van der Waals surface area contributed by atoms with Gasteiger partial charge in [-0.3, -0.25) is 0 Å². The SMILES string of the molecule is CCc1cc2c(Sc3ncccc3Cl)nc(Cl)nc2s1. The minimum atomic E-state index is 0.247. The van der Waals surface area contributed by atoms with Crippen molar-refractivity contribution in [2.24, 2.45) is 0 Å². The van der Waals surface area contributed by atoms with E-state index in [9.17, 15) is 0 Å². The molecule has 3 nitrogen and oxygen atoms in total. The first-order valence-corrected chi connectivity index (χ1v) is 8.30. The Balaban J connectivity index is 2.11. The second-order valence-corrected chi connectivity index (χ2v) is 6.81. The van der Waals surface area contributed by atoms with E-state index in [4.69, 9.17) is 23.2 Å². The zero-order chi connectivity index (χ0) is 14.1. The Bertz CT molecular complexity index is 773. The number of nitrogens with zero attached hydrogens (tertiary/aromatic N) is 3. The monoisotopic (exact) mass is 341 g/mol. The number of hydrogen-bond acceptors (Lipinski definition) is 5. The maximum Gasteiger partial charge on any atom is 0.224 e. The smallest absolute Gasteiger partial charge is 0.224 e. The number of thiophene rings is 1. The molecule has 0 bridgehead atoms. The molecule has 0 saturated carbocycles. The van der Waals surface area contributed by atoms with Crippen molar-refractivity contribution >= 4 is 56.5 Å². The molecule has 0 amide bonds. The van der Waals surface area contributed by atoms with Gasteiger partial charge in [0.25, 0.3) is 0 Å². The predicted molar refractivity (Wildman–Crippen MR) is 85.2 cm³/mol. The van der Waals surface area contributed by atoms with Crippen molar-refractivity contribution in [1.29, 1.82) is 0 Å². The molecule has 0 spiro atoms. The van der Waals surface area contributed by atoms with Crippen LogP contribution in [0.2, 0.25) is 10.3 Å². The van der Waals surface area contributed by atoms with E-state index < -0.39 is 0 Å². The quantitative estimate of drug-likeness (QED) is 0.490. The highest BCUT2D eigenvalue weighted by molar-refractivity contribution is 7.99. The Hall–Kier alpha value is -0.880. The maximum absolute atomic E-state index is 6.14. The Morgan fingerprint density at radius 3 is 2.85 bits per heavy atom. The van der Waals surface area contributed by atoms with Crippen LogP contribution in [0.25, 0.3) is 10.2 Å². The molecule has 0 aliphatic carbocycles. The Morgan fingerprint density at radius 1 is 1.25 bits per heavy atom. The van der Waals surface area contributed by atoms with Crippen LogP contribution in [0, 0.1) is 0 Å². The van der Waals surface area contributed by atoms with Crippen LogP contribution in [0.15, 0.2) is 34.4 Å². The van der Waals surface area contributed by atoms with E-state index in [1.54, 1.807) is 23.6 Å². The van der Waals surface area contributed by atoms with Crippen LogP contribution in [0.1, 0.15) is 11.8 Å². The summed E-state index contributed by atoms with van der Waals surface area (Å²) in [5, 5.41) is 3.36. The molecule has 102 valence electrons. The second kappa shape index (κ2) is 5.85. The van der Waals surface area contributed by atoms with Crippen LogP contribution in [0.3, 0.4) is 0 Å². The van der Waals surface area contributed by atoms with Crippen molar-refractivity contribution in [3.63, 3.8) is 0 Å². The molecular formula is C13H9Cl2N3S2. The molecule has 3 aromatic rings. The van der Waals surface area contributed by atoms with Gasteiger partial charge in [0.1, 0.15) is 14.9 Å². The first kappa shape index (κ1) is 14.1. The molecule has 3 rings (SSSR count). The third kappa shape index (κ3) is 2.76. The molecule has 0 aliphatic rings. The second-order valence-electron chi connectivity index (χ2n) is 3.98. The van der Waals surface area contributed by atoms with E-state index in [-0.39, 0.29) is 5.28 Å². The van der Waals surface area contributed by atoms with Gasteiger partial charge in [-0.25, -0.2) is 15.0 Å². The number of hydrogen-bond donors (Lipinski definition) is 0. The summed E-state index contributed by atoms with van der Waals surface area (Å²) in [6, 6.07) is 5.71. The standard InChI is InChI=1S/C13H9Cl2N3S2/c1-2-7-6-8-10(19-7)17-13(15)18-11(8)20-12-9(14)4-3-5-16-12/h3-6H,2H2,1H3. The van der Waals surface area contributed by atoms with E-state index in [1.165, 1.54) is 16.6 Å². The molecule has 3 heterocycles. The molecule has 20 heavy (non-hydrogen) atoms. The Labute approximate surface area is 134 Å². The molecule has 3 aromatic heterocycles. The fraction of sp³-hybridized carbons (Fsp3) is 0.154.